The number of fused-ring (bicyclic) bond motifs is 1. The van der Waals surface area contributed by atoms with Gasteiger partial charge < -0.3 is 0 Å². The van der Waals surface area contributed by atoms with Gasteiger partial charge in [0.25, 0.3) is 0 Å². The van der Waals surface area contributed by atoms with Gasteiger partial charge in [0.05, 0.1) is 0 Å². The van der Waals surface area contributed by atoms with E-state index < -0.39 is 0 Å². The van der Waals surface area contributed by atoms with E-state index in [1.165, 1.54) is 22.3 Å². The van der Waals surface area contributed by atoms with Crippen LogP contribution in [0.3, 0.4) is 0 Å². The van der Waals surface area contributed by atoms with Crippen LogP contribution < -0.4 is 0 Å². The highest BCUT2D eigenvalue weighted by atomic mass is 14.1. The zero-order valence-corrected chi connectivity index (χ0v) is 9.04. The van der Waals surface area contributed by atoms with Crippen LogP contribution in [0.5, 0.6) is 0 Å². The van der Waals surface area contributed by atoms with Crippen molar-refractivity contribution in [2.45, 2.75) is 20.8 Å². The number of hydrogen-bond donors (Lipinski definition) is 0. The summed E-state index contributed by atoms with van der Waals surface area (Å²) < 4.78 is 0. The molecule has 0 fully saturated rings. The molecule has 1 aromatic carbocycles. The molecule has 0 saturated heterocycles. The van der Waals surface area contributed by atoms with E-state index in [2.05, 4.69) is 57.2 Å². The van der Waals surface area contributed by atoms with Crippen LogP contribution in [0.25, 0.3) is 12.2 Å². The van der Waals surface area contributed by atoms with E-state index in [4.69, 9.17) is 0 Å². The van der Waals surface area contributed by atoms with Gasteiger partial charge in [-0.2, -0.15) is 0 Å². The Balaban J connectivity index is 2.63. The summed E-state index contributed by atoms with van der Waals surface area (Å²) >= 11 is 0. The van der Waals surface area contributed by atoms with Crippen molar-refractivity contribution in [1.82, 2.24) is 0 Å². The molecule has 1 aromatic rings. The zero-order chi connectivity index (χ0) is 10.1. The topological polar surface area (TPSA) is 0 Å². The molecule has 0 saturated carbocycles. The number of aryl methyl sites for hydroxylation is 1. The molecule has 0 radical (unpaired) electrons. The van der Waals surface area contributed by atoms with E-state index in [0.29, 0.717) is 5.92 Å². The first-order valence-electron chi connectivity index (χ1n) is 5.15. The fourth-order valence-electron chi connectivity index (χ4n) is 1.79. The van der Waals surface area contributed by atoms with E-state index in [9.17, 15) is 0 Å². The Kier molecular flexibility index (Phi) is 2.28. The Hall–Kier alpha value is -1.30. The second-order valence-electron chi connectivity index (χ2n) is 4.09. The molecule has 1 aliphatic carbocycles. The fourth-order valence-corrected chi connectivity index (χ4v) is 1.79. The summed E-state index contributed by atoms with van der Waals surface area (Å²) in [6, 6.07) is 4.40. The quantitative estimate of drug-likeness (QED) is 0.572. The number of hydrogen-bond acceptors (Lipinski definition) is 0. The average Bonchev–Trinajstić information content (AvgIpc) is 2.35. The maximum atomic E-state index is 2.26. The van der Waals surface area contributed by atoms with Crippen molar-refractivity contribution in [3.05, 3.63) is 46.5 Å². The Morgan fingerprint density at radius 2 is 1.71 bits per heavy atom. The number of allylic oxidation sites excluding steroid dienone is 2. The third-order valence-electron chi connectivity index (χ3n) is 2.97. The molecule has 0 bridgehead atoms. The van der Waals surface area contributed by atoms with Gasteiger partial charge in [-0.1, -0.05) is 43.4 Å². The molecule has 2 rings (SSSR count). The minimum absolute atomic E-state index is 0.544. The van der Waals surface area contributed by atoms with Gasteiger partial charge in [0.15, 0.2) is 0 Å². The largest absolute Gasteiger partial charge is 0.0773 e. The molecule has 0 aromatic heterocycles. The normalized spacial score (nSPS) is 19.2. The molecule has 72 valence electrons. The Morgan fingerprint density at radius 3 is 2.50 bits per heavy atom. The molecule has 0 aliphatic heterocycles. The minimum Gasteiger partial charge on any atom is -0.0773 e. The van der Waals surface area contributed by atoms with Gasteiger partial charge >= 0.3 is 0 Å². The lowest BCUT2D eigenvalue weighted by atomic mass is 9.98. The van der Waals surface area contributed by atoms with Gasteiger partial charge in [0, 0.05) is 0 Å². The lowest BCUT2D eigenvalue weighted by Gasteiger charge is -2.07. The van der Waals surface area contributed by atoms with Gasteiger partial charge in [0.2, 0.25) is 0 Å². The zero-order valence-electron chi connectivity index (χ0n) is 9.04. The van der Waals surface area contributed by atoms with E-state index in [1.54, 1.807) is 0 Å². The summed E-state index contributed by atoms with van der Waals surface area (Å²) in [4.78, 5) is 0. The first-order chi connectivity index (χ1) is 6.68. The van der Waals surface area contributed by atoms with Crippen LogP contribution in [-0.2, 0) is 0 Å². The molecule has 0 nitrogen and oxygen atoms in total. The third-order valence-corrected chi connectivity index (χ3v) is 2.97. The first kappa shape index (κ1) is 9.26. The second kappa shape index (κ2) is 3.45. The first-order valence-corrected chi connectivity index (χ1v) is 5.15. The number of benzene rings is 1. The molecule has 0 spiro atoms. The molecular formula is C14H16. The van der Waals surface area contributed by atoms with E-state index in [-0.39, 0.29) is 0 Å². The molecule has 0 amide bonds. The molecule has 0 heteroatoms. The van der Waals surface area contributed by atoms with Crippen LogP contribution in [0, 0.1) is 19.8 Å². The van der Waals surface area contributed by atoms with Crippen molar-refractivity contribution >= 4 is 12.2 Å². The molecular weight excluding hydrogens is 168 g/mol. The minimum atomic E-state index is 0.544. The summed E-state index contributed by atoms with van der Waals surface area (Å²) in [7, 11) is 0. The summed E-state index contributed by atoms with van der Waals surface area (Å²) in [5.74, 6) is 0.544. The lowest BCUT2D eigenvalue weighted by Crippen LogP contribution is -1.89. The van der Waals surface area contributed by atoms with Crippen LogP contribution >= 0.6 is 0 Å². The van der Waals surface area contributed by atoms with Crippen LogP contribution in [0.15, 0.2) is 24.3 Å². The van der Waals surface area contributed by atoms with Crippen LogP contribution in [0.2, 0.25) is 0 Å². The van der Waals surface area contributed by atoms with E-state index in [1.807, 2.05) is 0 Å². The van der Waals surface area contributed by atoms with Crippen LogP contribution in [-0.4, -0.2) is 0 Å². The summed E-state index contributed by atoms with van der Waals surface area (Å²) in [5, 5.41) is 0. The predicted molar refractivity (Wildman–Crippen MR) is 63.1 cm³/mol. The van der Waals surface area contributed by atoms with Gasteiger partial charge in [-0.3, -0.25) is 0 Å². The van der Waals surface area contributed by atoms with E-state index >= 15 is 0 Å². The highest BCUT2D eigenvalue weighted by molar-refractivity contribution is 5.71. The van der Waals surface area contributed by atoms with Crippen molar-refractivity contribution in [2.24, 2.45) is 5.92 Å². The smallest absolute Gasteiger partial charge is 0.00752 e. The maximum Gasteiger partial charge on any atom is -0.00752 e. The van der Waals surface area contributed by atoms with E-state index in [0.717, 1.165) is 0 Å². The molecule has 14 heavy (non-hydrogen) atoms. The van der Waals surface area contributed by atoms with Gasteiger partial charge in [0.1, 0.15) is 0 Å². The van der Waals surface area contributed by atoms with Gasteiger partial charge in [-0.05, 0) is 42.0 Å². The summed E-state index contributed by atoms with van der Waals surface area (Å²) in [5.41, 5.74) is 5.49. The molecule has 0 heterocycles. The molecule has 1 aliphatic rings. The maximum absolute atomic E-state index is 2.26. The molecule has 1 atom stereocenters. The van der Waals surface area contributed by atoms with Crippen LogP contribution in [0.1, 0.15) is 29.2 Å². The SMILES string of the molecule is Cc1ccc2c(c1C)C=CC(C)C=C2. The van der Waals surface area contributed by atoms with Crippen LogP contribution in [0.4, 0.5) is 0 Å². The van der Waals surface area contributed by atoms with Gasteiger partial charge in [-0.15, -0.1) is 0 Å². The monoisotopic (exact) mass is 184 g/mol. The fraction of sp³-hybridized carbons (Fsp3) is 0.286. The third kappa shape index (κ3) is 1.52. The van der Waals surface area contributed by atoms with Crippen molar-refractivity contribution in [2.75, 3.05) is 0 Å². The highest BCUT2D eigenvalue weighted by Crippen LogP contribution is 2.24. The van der Waals surface area contributed by atoms with Crippen molar-refractivity contribution in [3.63, 3.8) is 0 Å². The molecule has 1 unspecified atom stereocenters. The molecule has 0 N–H and O–H groups in total. The average molecular weight is 184 g/mol. The second-order valence-corrected chi connectivity index (χ2v) is 4.09. The van der Waals surface area contributed by atoms with Gasteiger partial charge in [-0.25, -0.2) is 0 Å². The summed E-state index contributed by atoms with van der Waals surface area (Å²) in [6.45, 7) is 6.57. The number of rotatable bonds is 0. The summed E-state index contributed by atoms with van der Waals surface area (Å²) in [6.07, 6.45) is 8.99. The Morgan fingerprint density at radius 1 is 1.00 bits per heavy atom. The standard InChI is InChI=1S/C14H16/c1-10-4-7-13-8-6-11(2)12(3)14(13)9-5-10/h4-10H,1-3H3. The Bertz CT molecular complexity index is 408. The van der Waals surface area contributed by atoms with Crippen molar-refractivity contribution < 1.29 is 0 Å². The van der Waals surface area contributed by atoms with Crippen molar-refractivity contribution in [3.8, 4) is 0 Å². The lowest BCUT2D eigenvalue weighted by molar-refractivity contribution is 0.954. The highest BCUT2D eigenvalue weighted by Gasteiger charge is 2.06. The predicted octanol–water partition coefficient (Wildman–Crippen LogP) is 3.98. The Labute approximate surface area is 86.0 Å². The van der Waals surface area contributed by atoms with Crippen molar-refractivity contribution in [1.29, 1.82) is 0 Å².